The van der Waals surface area contributed by atoms with Crippen LogP contribution in [-0.4, -0.2) is 23.3 Å². The van der Waals surface area contributed by atoms with Crippen molar-refractivity contribution in [3.05, 3.63) is 0 Å². The van der Waals surface area contributed by atoms with Crippen LogP contribution < -0.4 is 0 Å². The first kappa shape index (κ1) is 10.7. The minimum absolute atomic E-state index is 0. The van der Waals surface area contributed by atoms with Gasteiger partial charge in [0, 0.05) is 14.1 Å². The fraction of sp³-hybridized carbons (Fsp3) is 0.667. The minimum atomic E-state index is 0. The van der Waals surface area contributed by atoms with E-state index in [1.807, 2.05) is 14.1 Å². The largest absolute Gasteiger partial charge is 2.00 e. The molecule has 0 aromatic rings. The molecule has 1 nitrogen and oxygen atoms in total. The summed E-state index contributed by atoms with van der Waals surface area (Å²) in [5, 5.41) is 0. The van der Waals surface area contributed by atoms with E-state index in [1.165, 1.54) is 0 Å². The summed E-state index contributed by atoms with van der Waals surface area (Å²) >= 11 is 8.46. The Bertz CT molecular complexity index is 64.0. The Morgan fingerprint density at radius 3 is 1.71 bits per heavy atom. The van der Waals surface area contributed by atoms with Crippen molar-refractivity contribution < 1.29 is 16.8 Å². The van der Waals surface area contributed by atoms with E-state index in [9.17, 15) is 0 Å². The molecule has 7 heavy (non-hydrogen) atoms. The van der Waals surface area contributed by atoms with Crippen LogP contribution in [0.2, 0.25) is 0 Å². The zero-order chi connectivity index (χ0) is 5.15. The molecule has 0 aromatic heterocycles. The molecular weight excluding hydrogens is 173 g/mol. The fourth-order valence-corrected chi connectivity index (χ4v) is 0. The third-order valence-corrected chi connectivity index (χ3v) is 1.15. The fourth-order valence-electron chi connectivity index (χ4n) is 0. The van der Waals surface area contributed by atoms with Crippen molar-refractivity contribution in [2.75, 3.05) is 14.1 Å². The molecule has 0 aliphatic carbocycles. The third-order valence-electron chi connectivity index (χ3n) is 0.383. The van der Waals surface area contributed by atoms with Crippen molar-refractivity contribution >= 4 is 29.2 Å². The maximum absolute atomic E-state index is 4.61. The van der Waals surface area contributed by atoms with Crippen molar-refractivity contribution in [2.45, 2.75) is 0 Å². The van der Waals surface area contributed by atoms with Crippen molar-refractivity contribution in [1.29, 1.82) is 0 Å². The van der Waals surface area contributed by atoms with Crippen molar-refractivity contribution in [2.24, 2.45) is 0 Å². The Morgan fingerprint density at radius 2 is 1.71 bits per heavy atom. The molecule has 0 fully saturated rings. The number of nitrogens with zero attached hydrogens (tertiary/aromatic N) is 1. The number of thiocarbonyl (C=S) groups is 1. The van der Waals surface area contributed by atoms with Crippen LogP contribution in [0.15, 0.2) is 0 Å². The van der Waals surface area contributed by atoms with Crippen LogP contribution in [0.25, 0.3) is 0 Å². The molecule has 4 heteroatoms. The Labute approximate surface area is 65.1 Å². The van der Waals surface area contributed by atoms with Gasteiger partial charge in [-0.2, -0.15) is 0 Å². The first-order valence-corrected chi connectivity index (χ1v) is 2.40. The number of hydrogen-bond donors (Lipinski definition) is 1. The second kappa shape index (κ2) is 4.89. The summed E-state index contributed by atoms with van der Waals surface area (Å²) in [6.45, 7) is 0. The van der Waals surface area contributed by atoms with Crippen LogP contribution in [0.4, 0.5) is 0 Å². The first-order valence-electron chi connectivity index (χ1n) is 1.55. The SMILES string of the molecule is CN(C)C(=S)S.[Co+2]. The van der Waals surface area contributed by atoms with E-state index in [2.05, 4.69) is 24.8 Å². The maximum Gasteiger partial charge on any atom is 2.00 e. The molecule has 0 heterocycles. The molecule has 0 saturated heterocycles. The molecule has 0 unspecified atom stereocenters. The summed E-state index contributed by atoms with van der Waals surface area (Å²) in [7, 11) is 3.71. The topological polar surface area (TPSA) is 3.24 Å². The smallest absolute Gasteiger partial charge is 0.364 e. The summed E-state index contributed by atoms with van der Waals surface area (Å²) in [6.07, 6.45) is 0. The molecule has 0 aliphatic rings. The van der Waals surface area contributed by atoms with E-state index in [-0.39, 0.29) is 16.8 Å². The van der Waals surface area contributed by atoms with Crippen LogP contribution in [0.1, 0.15) is 0 Å². The van der Waals surface area contributed by atoms with Gasteiger partial charge in [0.1, 0.15) is 4.32 Å². The van der Waals surface area contributed by atoms with Crippen LogP contribution in [-0.2, 0) is 16.8 Å². The summed E-state index contributed by atoms with van der Waals surface area (Å²) in [5.41, 5.74) is 0. The predicted molar refractivity (Wildman–Crippen MR) is 35.3 cm³/mol. The average molecular weight is 180 g/mol. The Hall–Kier alpha value is 0.746. The van der Waals surface area contributed by atoms with Crippen LogP contribution in [0.5, 0.6) is 0 Å². The standard InChI is InChI=1S/C3H7NS2.Co/c1-4(2)3(5)6;/h1-2H3,(H,5,6);/q;+2. The van der Waals surface area contributed by atoms with E-state index in [1.54, 1.807) is 4.90 Å². The molecule has 0 amide bonds. The number of hydrogen-bond acceptors (Lipinski definition) is 1. The van der Waals surface area contributed by atoms with Gasteiger partial charge in [-0.3, -0.25) is 0 Å². The summed E-state index contributed by atoms with van der Waals surface area (Å²) in [6, 6.07) is 0. The third kappa shape index (κ3) is 6.75. The number of thiol groups is 1. The maximum atomic E-state index is 4.61. The second-order valence-electron chi connectivity index (χ2n) is 1.18. The van der Waals surface area contributed by atoms with Crippen molar-refractivity contribution in [3.8, 4) is 0 Å². The Morgan fingerprint density at radius 1 is 1.57 bits per heavy atom. The quantitative estimate of drug-likeness (QED) is 0.433. The summed E-state index contributed by atoms with van der Waals surface area (Å²) in [5.74, 6) is 0. The summed E-state index contributed by atoms with van der Waals surface area (Å²) < 4.78 is 0.620. The Kier molecular flexibility index (Phi) is 7.47. The predicted octanol–water partition coefficient (Wildman–Crippen LogP) is 0.760. The molecule has 0 aliphatic heterocycles. The molecule has 0 bridgehead atoms. The molecule has 0 aromatic carbocycles. The molecule has 0 rings (SSSR count). The van der Waals surface area contributed by atoms with Gasteiger partial charge in [0.2, 0.25) is 0 Å². The average Bonchev–Trinajstić information content (AvgIpc) is 1.36. The van der Waals surface area contributed by atoms with Gasteiger partial charge in [-0.1, -0.05) is 12.2 Å². The molecule has 1 radical (unpaired) electrons. The van der Waals surface area contributed by atoms with Gasteiger partial charge in [0.15, 0.2) is 0 Å². The first-order chi connectivity index (χ1) is 2.64. The second-order valence-corrected chi connectivity index (χ2v) is 2.29. The van der Waals surface area contributed by atoms with E-state index >= 15 is 0 Å². The van der Waals surface area contributed by atoms with Crippen LogP contribution in [0.3, 0.4) is 0 Å². The normalized spacial score (nSPS) is 6.71. The van der Waals surface area contributed by atoms with Crippen molar-refractivity contribution in [1.82, 2.24) is 4.90 Å². The van der Waals surface area contributed by atoms with E-state index in [0.29, 0.717) is 4.32 Å². The monoisotopic (exact) mass is 180 g/mol. The zero-order valence-corrected chi connectivity index (χ0v) is 6.89. The van der Waals surface area contributed by atoms with Gasteiger partial charge in [-0.15, -0.1) is 12.6 Å². The Balaban J connectivity index is 0. The van der Waals surface area contributed by atoms with Gasteiger partial charge in [0.25, 0.3) is 0 Å². The van der Waals surface area contributed by atoms with Gasteiger partial charge in [-0.25, -0.2) is 0 Å². The summed E-state index contributed by atoms with van der Waals surface area (Å²) in [4.78, 5) is 1.76. The molecule has 0 spiro atoms. The molecule has 0 atom stereocenters. The van der Waals surface area contributed by atoms with E-state index < -0.39 is 0 Å². The van der Waals surface area contributed by atoms with Crippen molar-refractivity contribution in [3.63, 3.8) is 0 Å². The van der Waals surface area contributed by atoms with Gasteiger partial charge in [-0.05, 0) is 0 Å². The van der Waals surface area contributed by atoms with E-state index in [0.717, 1.165) is 0 Å². The molecular formula is C3H7CoNS2+2. The van der Waals surface area contributed by atoms with Gasteiger partial charge < -0.3 is 4.90 Å². The minimum Gasteiger partial charge on any atom is -0.364 e. The van der Waals surface area contributed by atoms with Gasteiger partial charge >= 0.3 is 16.8 Å². The number of rotatable bonds is 0. The molecule has 0 N–H and O–H groups in total. The van der Waals surface area contributed by atoms with Crippen LogP contribution in [0, 0.1) is 0 Å². The zero-order valence-electron chi connectivity index (χ0n) is 4.14. The molecule has 43 valence electrons. The van der Waals surface area contributed by atoms with Gasteiger partial charge in [0.05, 0.1) is 0 Å². The van der Waals surface area contributed by atoms with E-state index in [4.69, 9.17) is 0 Å². The van der Waals surface area contributed by atoms with Crippen LogP contribution >= 0.6 is 24.8 Å². The molecule has 0 saturated carbocycles.